The molecule has 0 radical (unpaired) electrons. The Morgan fingerprint density at radius 2 is 2.10 bits per heavy atom. The molecule has 2 atom stereocenters. The minimum Gasteiger partial charge on any atom is -0.444 e. The van der Waals surface area contributed by atoms with Crippen LogP contribution in [0.1, 0.15) is 44.9 Å². The smallest absolute Gasteiger partial charge is 0.410 e. The highest BCUT2D eigenvalue weighted by molar-refractivity contribution is 7.79. The largest absolute Gasteiger partial charge is 0.444 e. The van der Waals surface area contributed by atoms with E-state index < -0.39 is 16.7 Å². The van der Waals surface area contributed by atoms with E-state index in [1.54, 1.807) is 17.0 Å². The van der Waals surface area contributed by atoms with Crippen LogP contribution in [0.4, 0.5) is 4.79 Å². The summed E-state index contributed by atoms with van der Waals surface area (Å²) in [4.78, 5) is 14.3. The van der Waals surface area contributed by atoms with Gasteiger partial charge >= 0.3 is 6.09 Å². The van der Waals surface area contributed by atoms with Gasteiger partial charge in [-0.2, -0.15) is 0 Å². The molecule has 0 aliphatic carbocycles. The summed E-state index contributed by atoms with van der Waals surface area (Å²) in [6.45, 7) is 7.89. The average Bonchev–Trinajstić information content (AvgIpc) is 2.36. The summed E-state index contributed by atoms with van der Waals surface area (Å²) in [6, 6.07) is 5.13. The van der Waals surface area contributed by atoms with Gasteiger partial charge in [-0.3, -0.25) is 0 Å². The quantitative estimate of drug-likeness (QED) is 0.809. The molecule has 0 fully saturated rings. The lowest BCUT2D eigenvalue weighted by molar-refractivity contribution is 0.0159. The molecule has 0 spiro atoms. The van der Waals surface area contributed by atoms with E-state index in [4.69, 9.17) is 4.74 Å². The van der Waals surface area contributed by atoms with Crippen LogP contribution in [0.15, 0.2) is 23.1 Å². The van der Waals surface area contributed by atoms with Gasteiger partial charge in [-0.25, -0.2) is 9.00 Å². The van der Waals surface area contributed by atoms with Gasteiger partial charge in [0.05, 0.1) is 10.9 Å². The van der Waals surface area contributed by atoms with E-state index in [-0.39, 0.29) is 12.1 Å². The first-order chi connectivity index (χ1) is 9.70. The van der Waals surface area contributed by atoms with E-state index >= 15 is 0 Å². The van der Waals surface area contributed by atoms with Crippen LogP contribution in [-0.4, -0.2) is 31.9 Å². The number of hydrogen-bond donors (Lipinski definition) is 1. The highest BCUT2D eigenvalue weighted by Crippen LogP contribution is 2.33. The third-order valence-electron chi connectivity index (χ3n) is 3.51. The molecule has 1 aliphatic rings. The van der Waals surface area contributed by atoms with Crippen molar-refractivity contribution in [2.24, 2.45) is 0 Å². The van der Waals surface area contributed by atoms with E-state index in [0.29, 0.717) is 17.9 Å². The maximum atomic E-state index is 12.2. The molecular weight excluding hydrogens is 290 g/mol. The number of rotatable bonds is 1. The van der Waals surface area contributed by atoms with E-state index in [1.165, 1.54) is 0 Å². The predicted molar refractivity (Wildman–Crippen MR) is 80.5 cm³/mol. The molecule has 1 N–H and O–H groups in total. The Kier molecular flexibility index (Phi) is 4.39. The Balaban J connectivity index is 2.29. The van der Waals surface area contributed by atoms with Crippen molar-refractivity contribution >= 4 is 17.2 Å². The fourth-order valence-electron chi connectivity index (χ4n) is 2.57. The molecule has 1 heterocycles. The average molecular weight is 311 g/mol. The molecule has 0 saturated carbocycles. The van der Waals surface area contributed by atoms with Crippen LogP contribution < -0.4 is 0 Å². The Labute approximate surface area is 127 Å². The lowest BCUT2D eigenvalue weighted by Gasteiger charge is -2.36. The molecule has 1 aromatic carbocycles. The molecule has 6 heteroatoms. The predicted octanol–water partition coefficient (Wildman–Crippen LogP) is 3.12. The first kappa shape index (κ1) is 16.0. The topological polar surface area (TPSA) is 66.8 Å². The Bertz CT molecular complexity index is 580. The molecule has 0 saturated heterocycles. The van der Waals surface area contributed by atoms with Gasteiger partial charge in [0.2, 0.25) is 0 Å². The number of carbonyl (C=O) groups is 1. The zero-order valence-corrected chi connectivity index (χ0v) is 13.6. The molecular formula is C15H21NO4S. The lowest BCUT2D eigenvalue weighted by atomic mass is 9.94. The third-order valence-corrected chi connectivity index (χ3v) is 4.26. The summed E-state index contributed by atoms with van der Waals surface area (Å²) in [5.74, 6) is 0. The van der Waals surface area contributed by atoms with Gasteiger partial charge in [0.25, 0.3) is 0 Å². The first-order valence-corrected chi connectivity index (χ1v) is 8.03. The molecule has 1 aliphatic heterocycles. The van der Waals surface area contributed by atoms with E-state index in [1.807, 2.05) is 33.8 Å². The molecule has 2 rings (SSSR count). The Hall–Kier alpha value is -1.40. The minimum absolute atomic E-state index is 0.174. The number of amides is 1. The second kappa shape index (κ2) is 5.77. The highest BCUT2D eigenvalue weighted by Gasteiger charge is 2.32. The second-order valence-corrected chi connectivity index (χ2v) is 7.11. The molecule has 1 amide bonds. The third kappa shape index (κ3) is 3.44. The number of ether oxygens (including phenoxy) is 1. The SMILES string of the molecule is CC1c2cccc(S(=O)O)c2CCN1C(=O)OC(C)(C)C. The van der Waals surface area contributed by atoms with Gasteiger partial charge in [-0.15, -0.1) is 0 Å². The number of fused-ring (bicyclic) bond motifs is 1. The summed E-state index contributed by atoms with van der Waals surface area (Å²) in [6.07, 6.45) is 0.206. The van der Waals surface area contributed by atoms with Crippen molar-refractivity contribution in [1.82, 2.24) is 4.90 Å². The van der Waals surface area contributed by atoms with Crippen molar-refractivity contribution in [2.75, 3.05) is 6.54 Å². The van der Waals surface area contributed by atoms with Crippen molar-refractivity contribution in [3.8, 4) is 0 Å². The summed E-state index contributed by atoms with van der Waals surface area (Å²) in [5, 5.41) is 0. The Morgan fingerprint density at radius 1 is 1.43 bits per heavy atom. The van der Waals surface area contributed by atoms with Crippen molar-refractivity contribution in [2.45, 2.75) is 50.7 Å². The van der Waals surface area contributed by atoms with Crippen LogP contribution in [0, 0.1) is 0 Å². The van der Waals surface area contributed by atoms with E-state index in [2.05, 4.69) is 0 Å². The van der Waals surface area contributed by atoms with Crippen molar-refractivity contribution in [1.29, 1.82) is 0 Å². The Morgan fingerprint density at radius 3 is 2.67 bits per heavy atom. The van der Waals surface area contributed by atoms with Crippen LogP contribution in [0.2, 0.25) is 0 Å². The molecule has 2 unspecified atom stereocenters. The number of nitrogens with zero attached hydrogens (tertiary/aromatic N) is 1. The fourth-order valence-corrected chi connectivity index (χ4v) is 3.19. The molecule has 0 bridgehead atoms. The zero-order chi connectivity index (χ0) is 15.8. The van der Waals surface area contributed by atoms with Crippen molar-refractivity contribution in [3.05, 3.63) is 29.3 Å². The molecule has 5 nitrogen and oxygen atoms in total. The molecule has 1 aromatic rings. The van der Waals surface area contributed by atoms with E-state index in [0.717, 1.165) is 11.1 Å². The summed E-state index contributed by atoms with van der Waals surface area (Å²) in [7, 11) is 0. The second-order valence-electron chi connectivity index (χ2n) is 6.17. The normalized spacial score (nSPS) is 19.9. The van der Waals surface area contributed by atoms with Gasteiger partial charge in [0.15, 0.2) is 11.1 Å². The van der Waals surface area contributed by atoms with E-state index in [9.17, 15) is 13.6 Å². The van der Waals surface area contributed by atoms with Gasteiger partial charge in [-0.05, 0) is 51.3 Å². The molecule has 21 heavy (non-hydrogen) atoms. The zero-order valence-electron chi connectivity index (χ0n) is 12.8. The fraction of sp³-hybridized carbons (Fsp3) is 0.533. The van der Waals surface area contributed by atoms with Crippen LogP contribution in [0.3, 0.4) is 0 Å². The van der Waals surface area contributed by atoms with Crippen LogP contribution in [-0.2, 0) is 22.2 Å². The maximum Gasteiger partial charge on any atom is 0.410 e. The molecule has 116 valence electrons. The van der Waals surface area contributed by atoms with Gasteiger partial charge in [0, 0.05) is 6.54 Å². The van der Waals surface area contributed by atoms with Crippen LogP contribution in [0.5, 0.6) is 0 Å². The van der Waals surface area contributed by atoms with Crippen LogP contribution in [0.25, 0.3) is 0 Å². The maximum absolute atomic E-state index is 12.2. The van der Waals surface area contributed by atoms with Gasteiger partial charge in [-0.1, -0.05) is 12.1 Å². The first-order valence-electron chi connectivity index (χ1n) is 6.93. The monoisotopic (exact) mass is 311 g/mol. The van der Waals surface area contributed by atoms with Crippen molar-refractivity contribution < 1.29 is 18.3 Å². The minimum atomic E-state index is -2.01. The highest BCUT2D eigenvalue weighted by atomic mass is 32.2. The van der Waals surface area contributed by atoms with Crippen molar-refractivity contribution in [3.63, 3.8) is 0 Å². The van der Waals surface area contributed by atoms with Gasteiger partial charge < -0.3 is 14.2 Å². The van der Waals surface area contributed by atoms with Gasteiger partial charge in [0.1, 0.15) is 5.60 Å². The number of hydrogen-bond acceptors (Lipinski definition) is 3. The summed E-state index contributed by atoms with van der Waals surface area (Å²) in [5.41, 5.74) is 1.24. The summed E-state index contributed by atoms with van der Waals surface area (Å²) < 4.78 is 26.2. The number of benzene rings is 1. The lowest BCUT2D eigenvalue weighted by Crippen LogP contribution is -2.42. The number of carbonyl (C=O) groups excluding carboxylic acids is 1. The standard InChI is InChI=1S/C15H21NO4S/c1-10-11-6-5-7-13(21(18)19)12(11)8-9-16(10)14(17)20-15(2,3)4/h5-7,10H,8-9H2,1-4H3,(H,18,19). The van der Waals surface area contributed by atoms with Crippen LogP contribution >= 0.6 is 0 Å². The summed E-state index contributed by atoms with van der Waals surface area (Å²) >= 11 is -2.01. The molecule has 0 aromatic heterocycles.